The molecular formula is C10H7F3OS. The summed E-state index contributed by atoms with van der Waals surface area (Å²) in [6.45, 7) is 0. The van der Waals surface area contributed by atoms with Gasteiger partial charge in [-0.15, -0.1) is 0 Å². The highest BCUT2D eigenvalue weighted by atomic mass is 32.2. The van der Waals surface area contributed by atoms with Gasteiger partial charge in [-0.3, -0.25) is 4.79 Å². The summed E-state index contributed by atoms with van der Waals surface area (Å²) in [6, 6.07) is 4.62. The van der Waals surface area contributed by atoms with Gasteiger partial charge in [0.1, 0.15) is 0 Å². The van der Waals surface area contributed by atoms with Gasteiger partial charge in [-0.05, 0) is 29.8 Å². The van der Waals surface area contributed by atoms with E-state index in [0.29, 0.717) is 12.8 Å². The van der Waals surface area contributed by atoms with Gasteiger partial charge in [0, 0.05) is 16.9 Å². The third-order valence-corrected chi connectivity index (χ3v) is 3.03. The number of Topliss-reactive ketones (excluding diaryl/α,β-unsaturated/α-hetero) is 1. The number of alkyl halides is 3. The van der Waals surface area contributed by atoms with Gasteiger partial charge in [-0.1, -0.05) is 12.1 Å². The lowest BCUT2D eigenvalue weighted by molar-refractivity contribution is -0.0328. The number of ketones is 1. The van der Waals surface area contributed by atoms with E-state index in [-0.39, 0.29) is 28.0 Å². The first kappa shape index (κ1) is 10.5. The fourth-order valence-electron chi connectivity index (χ4n) is 1.68. The van der Waals surface area contributed by atoms with Gasteiger partial charge < -0.3 is 0 Å². The number of fused-ring (bicyclic) bond motifs is 1. The van der Waals surface area contributed by atoms with E-state index in [1.165, 1.54) is 6.07 Å². The number of carbonyl (C=O) groups is 1. The monoisotopic (exact) mass is 232 g/mol. The Morgan fingerprint density at radius 3 is 2.60 bits per heavy atom. The Labute approximate surface area is 88.7 Å². The number of carbonyl (C=O) groups excluding carboxylic acids is 1. The molecule has 0 radical (unpaired) electrons. The lowest BCUT2D eigenvalue weighted by atomic mass is 10.1. The van der Waals surface area contributed by atoms with E-state index in [4.69, 9.17) is 0 Å². The molecule has 0 fully saturated rings. The van der Waals surface area contributed by atoms with Crippen molar-refractivity contribution in [2.75, 3.05) is 0 Å². The van der Waals surface area contributed by atoms with Crippen molar-refractivity contribution in [2.45, 2.75) is 23.2 Å². The average Bonchev–Trinajstić information content (AvgIpc) is 2.46. The zero-order valence-electron chi connectivity index (χ0n) is 7.60. The van der Waals surface area contributed by atoms with Crippen LogP contribution in [-0.4, -0.2) is 11.3 Å². The lowest BCUT2D eigenvalue weighted by Gasteiger charge is -2.08. The highest BCUT2D eigenvalue weighted by Crippen LogP contribution is 2.41. The Morgan fingerprint density at radius 2 is 1.93 bits per heavy atom. The van der Waals surface area contributed by atoms with Gasteiger partial charge in [-0.25, -0.2) is 0 Å². The van der Waals surface area contributed by atoms with Gasteiger partial charge >= 0.3 is 5.51 Å². The van der Waals surface area contributed by atoms with Crippen LogP contribution in [0.5, 0.6) is 0 Å². The normalized spacial score (nSPS) is 15.5. The third-order valence-electron chi connectivity index (χ3n) is 2.24. The summed E-state index contributed by atoms with van der Waals surface area (Å²) in [5.74, 6) is -0.183. The maximum atomic E-state index is 12.2. The first-order valence-electron chi connectivity index (χ1n) is 4.38. The molecular weight excluding hydrogens is 225 g/mol. The van der Waals surface area contributed by atoms with Crippen LogP contribution in [0.15, 0.2) is 23.1 Å². The Hall–Kier alpha value is -0.970. The number of thioether (sulfide) groups is 1. The van der Waals surface area contributed by atoms with Crippen LogP contribution in [0.1, 0.15) is 22.3 Å². The van der Waals surface area contributed by atoms with Crippen LogP contribution in [0.3, 0.4) is 0 Å². The molecule has 80 valence electrons. The highest BCUT2D eigenvalue weighted by Gasteiger charge is 2.33. The fraction of sp³-hybridized carbons (Fsp3) is 0.300. The molecule has 0 atom stereocenters. The minimum absolute atomic E-state index is 0.0301. The molecule has 2 rings (SSSR count). The molecule has 1 aromatic rings. The van der Waals surface area contributed by atoms with Crippen LogP contribution in [-0.2, 0) is 6.42 Å². The van der Waals surface area contributed by atoms with Crippen molar-refractivity contribution in [1.82, 2.24) is 0 Å². The first-order chi connectivity index (χ1) is 6.97. The Balaban J connectivity index is 2.41. The second-order valence-electron chi connectivity index (χ2n) is 3.26. The van der Waals surface area contributed by atoms with Crippen molar-refractivity contribution < 1.29 is 18.0 Å². The largest absolute Gasteiger partial charge is 0.446 e. The Kier molecular flexibility index (Phi) is 2.50. The molecule has 1 nitrogen and oxygen atoms in total. The molecule has 0 bridgehead atoms. The van der Waals surface area contributed by atoms with Crippen molar-refractivity contribution in [1.29, 1.82) is 0 Å². The molecule has 15 heavy (non-hydrogen) atoms. The van der Waals surface area contributed by atoms with Crippen molar-refractivity contribution in [2.24, 2.45) is 0 Å². The van der Waals surface area contributed by atoms with E-state index in [1.807, 2.05) is 0 Å². The molecule has 0 saturated carbocycles. The zero-order chi connectivity index (χ0) is 11.1. The van der Waals surface area contributed by atoms with Gasteiger partial charge in [0.15, 0.2) is 5.78 Å². The summed E-state index contributed by atoms with van der Waals surface area (Å²) in [5.41, 5.74) is -3.34. The summed E-state index contributed by atoms with van der Waals surface area (Å²) in [6.07, 6.45) is 0.880. The fourth-order valence-corrected chi connectivity index (χ4v) is 2.43. The van der Waals surface area contributed by atoms with E-state index in [2.05, 4.69) is 0 Å². The predicted molar refractivity (Wildman–Crippen MR) is 51.0 cm³/mol. The molecule has 1 aromatic carbocycles. The van der Waals surface area contributed by atoms with Crippen LogP contribution in [0.25, 0.3) is 0 Å². The number of aryl methyl sites for hydroxylation is 1. The van der Waals surface area contributed by atoms with Crippen LogP contribution in [0, 0.1) is 0 Å². The summed E-state index contributed by atoms with van der Waals surface area (Å²) >= 11 is -0.211. The van der Waals surface area contributed by atoms with Gasteiger partial charge in [0.2, 0.25) is 0 Å². The van der Waals surface area contributed by atoms with Crippen molar-refractivity contribution in [3.63, 3.8) is 0 Å². The van der Waals surface area contributed by atoms with Crippen molar-refractivity contribution in [3.8, 4) is 0 Å². The van der Waals surface area contributed by atoms with E-state index in [9.17, 15) is 18.0 Å². The van der Waals surface area contributed by atoms with Crippen LogP contribution < -0.4 is 0 Å². The quantitative estimate of drug-likeness (QED) is 0.690. The smallest absolute Gasteiger partial charge is 0.294 e. The molecule has 0 aromatic heterocycles. The van der Waals surface area contributed by atoms with E-state index < -0.39 is 5.51 Å². The topological polar surface area (TPSA) is 17.1 Å². The Morgan fingerprint density at radius 1 is 1.20 bits per heavy atom. The van der Waals surface area contributed by atoms with E-state index in [0.717, 1.165) is 5.56 Å². The number of hydrogen-bond acceptors (Lipinski definition) is 2. The van der Waals surface area contributed by atoms with Gasteiger partial charge in [0.05, 0.1) is 0 Å². The third kappa shape index (κ3) is 2.17. The summed E-state index contributed by atoms with van der Waals surface area (Å²) < 4.78 is 36.6. The average molecular weight is 232 g/mol. The van der Waals surface area contributed by atoms with Crippen molar-refractivity contribution in [3.05, 3.63) is 29.3 Å². The molecule has 0 unspecified atom stereocenters. The number of rotatable bonds is 1. The molecule has 1 aliphatic carbocycles. The summed E-state index contributed by atoms with van der Waals surface area (Å²) in [5, 5.41) is 0. The van der Waals surface area contributed by atoms with Gasteiger partial charge in [-0.2, -0.15) is 13.2 Å². The molecule has 0 spiro atoms. The van der Waals surface area contributed by atoms with Crippen LogP contribution >= 0.6 is 11.8 Å². The molecule has 0 aliphatic heterocycles. The second-order valence-corrected chi connectivity index (χ2v) is 4.37. The minimum Gasteiger partial charge on any atom is -0.294 e. The van der Waals surface area contributed by atoms with E-state index >= 15 is 0 Å². The van der Waals surface area contributed by atoms with Crippen LogP contribution in [0.2, 0.25) is 0 Å². The second kappa shape index (κ2) is 3.56. The molecule has 0 amide bonds. The lowest BCUT2D eigenvalue weighted by Crippen LogP contribution is -2.03. The maximum absolute atomic E-state index is 12.2. The molecule has 0 saturated heterocycles. The molecule has 5 heteroatoms. The maximum Gasteiger partial charge on any atom is 0.446 e. The minimum atomic E-state index is -4.34. The number of benzene rings is 1. The predicted octanol–water partition coefficient (Wildman–Crippen LogP) is 3.43. The standard InChI is InChI=1S/C10H7F3OS/c11-10(12,13)15-8-3-1-2-6-4-5-7(14)9(6)8/h1-3H,4-5H2. The van der Waals surface area contributed by atoms with E-state index in [1.54, 1.807) is 12.1 Å². The van der Waals surface area contributed by atoms with Crippen LogP contribution in [0.4, 0.5) is 13.2 Å². The number of halogens is 3. The first-order valence-corrected chi connectivity index (χ1v) is 5.20. The zero-order valence-corrected chi connectivity index (χ0v) is 8.41. The molecule has 1 aliphatic rings. The summed E-state index contributed by atoms with van der Waals surface area (Å²) in [4.78, 5) is 11.4. The van der Waals surface area contributed by atoms with Gasteiger partial charge in [0.25, 0.3) is 0 Å². The molecule has 0 N–H and O–H groups in total. The highest BCUT2D eigenvalue weighted by molar-refractivity contribution is 8.00. The molecule has 0 heterocycles. The van der Waals surface area contributed by atoms with Crippen molar-refractivity contribution >= 4 is 17.5 Å². The Bertz CT molecular complexity index is 412. The summed E-state index contributed by atoms with van der Waals surface area (Å²) in [7, 11) is 0. The SMILES string of the molecule is O=C1CCc2cccc(SC(F)(F)F)c21. The number of hydrogen-bond donors (Lipinski definition) is 0.